The van der Waals surface area contributed by atoms with E-state index in [0.717, 1.165) is 19.3 Å². The molecule has 0 aromatic heterocycles. The van der Waals surface area contributed by atoms with Crippen molar-refractivity contribution in [3.8, 4) is 0 Å². The molecular formula is C19H28O4. The molecule has 2 aliphatic rings. The van der Waals surface area contributed by atoms with Crippen LogP contribution in [0, 0.1) is 16.7 Å². The topological polar surface area (TPSA) is 71.4 Å². The molecule has 0 atom stereocenters. The molecule has 2 aliphatic carbocycles. The van der Waals surface area contributed by atoms with Gasteiger partial charge in [0.2, 0.25) is 0 Å². The normalized spacial score (nSPS) is 24.9. The molecule has 0 radical (unpaired) electrons. The van der Waals surface area contributed by atoms with Gasteiger partial charge in [-0.25, -0.2) is 0 Å². The van der Waals surface area contributed by atoms with Crippen LogP contribution in [0.1, 0.15) is 72.6 Å². The molecule has 2 rings (SSSR count). The first-order chi connectivity index (χ1) is 10.6. The maximum Gasteiger partial charge on any atom is 0.182 e. The van der Waals surface area contributed by atoms with Gasteiger partial charge in [0.25, 0.3) is 0 Å². The highest BCUT2D eigenvalue weighted by molar-refractivity contribution is 6.30. The van der Waals surface area contributed by atoms with Gasteiger partial charge in [-0.15, -0.1) is 0 Å². The number of carbonyl (C=O) groups excluding carboxylic acids is 3. The number of Topliss-reactive ketones (excluding diaryl/α,β-unsaturated/α-hetero) is 3. The Bertz CT molecular complexity index is 560. The van der Waals surface area contributed by atoms with Gasteiger partial charge in [-0.1, -0.05) is 32.1 Å². The van der Waals surface area contributed by atoms with Crippen molar-refractivity contribution in [1.82, 2.24) is 0 Å². The summed E-state index contributed by atoms with van der Waals surface area (Å²) in [5, 5.41) is 10.4. The highest BCUT2D eigenvalue weighted by atomic mass is 16.3. The van der Waals surface area contributed by atoms with Crippen LogP contribution in [0.5, 0.6) is 0 Å². The van der Waals surface area contributed by atoms with Gasteiger partial charge in [0.1, 0.15) is 11.3 Å². The summed E-state index contributed by atoms with van der Waals surface area (Å²) in [5.74, 6) is -0.992. The van der Waals surface area contributed by atoms with Crippen molar-refractivity contribution in [2.45, 2.75) is 72.6 Å². The summed E-state index contributed by atoms with van der Waals surface area (Å²) in [7, 11) is 0. The largest absolute Gasteiger partial charge is 0.510 e. The van der Waals surface area contributed by atoms with Crippen molar-refractivity contribution in [2.75, 3.05) is 0 Å². The molecule has 0 amide bonds. The third-order valence-electron chi connectivity index (χ3n) is 5.54. The zero-order chi connectivity index (χ0) is 17.4. The lowest BCUT2D eigenvalue weighted by atomic mass is 9.62. The van der Waals surface area contributed by atoms with E-state index in [1.54, 1.807) is 27.7 Å². The van der Waals surface area contributed by atoms with E-state index in [1.165, 1.54) is 19.3 Å². The Balaban J connectivity index is 2.21. The van der Waals surface area contributed by atoms with Gasteiger partial charge in [0.05, 0.1) is 10.8 Å². The predicted molar refractivity (Wildman–Crippen MR) is 88.0 cm³/mol. The van der Waals surface area contributed by atoms with Gasteiger partial charge < -0.3 is 5.11 Å². The fourth-order valence-corrected chi connectivity index (χ4v) is 3.92. The number of hydrogen-bond acceptors (Lipinski definition) is 4. The van der Waals surface area contributed by atoms with Crippen molar-refractivity contribution in [2.24, 2.45) is 16.7 Å². The van der Waals surface area contributed by atoms with Crippen LogP contribution in [0.2, 0.25) is 0 Å². The monoisotopic (exact) mass is 320 g/mol. The van der Waals surface area contributed by atoms with Gasteiger partial charge in [0, 0.05) is 6.42 Å². The Hall–Kier alpha value is -1.45. The molecule has 23 heavy (non-hydrogen) atoms. The van der Waals surface area contributed by atoms with Crippen LogP contribution >= 0.6 is 0 Å². The van der Waals surface area contributed by atoms with Crippen molar-refractivity contribution < 1.29 is 19.5 Å². The quantitative estimate of drug-likeness (QED) is 0.629. The Kier molecular flexibility index (Phi) is 4.84. The minimum absolute atomic E-state index is 0.143. The summed E-state index contributed by atoms with van der Waals surface area (Å²) in [4.78, 5) is 37.6. The standard InChI is InChI=1S/C19H28O4/c1-18(2)15(21)14(16(22)19(3,4)17(18)23)13(20)11-10-12-8-6-5-7-9-12/h12,21H,5-11H2,1-4H3. The summed E-state index contributed by atoms with van der Waals surface area (Å²) in [6.07, 6.45) is 7.00. The van der Waals surface area contributed by atoms with Crippen LogP contribution in [-0.2, 0) is 14.4 Å². The molecule has 128 valence electrons. The first-order valence-electron chi connectivity index (χ1n) is 8.66. The van der Waals surface area contributed by atoms with Crippen molar-refractivity contribution in [3.63, 3.8) is 0 Å². The number of aliphatic hydroxyl groups is 1. The number of hydrogen-bond donors (Lipinski definition) is 1. The van der Waals surface area contributed by atoms with Crippen molar-refractivity contribution in [3.05, 3.63) is 11.3 Å². The molecule has 0 heterocycles. The number of rotatable bonds is 4. The van der Waals surface area contributed by atoms with E-state index >= 15 is 0 Å². The Labute approximate surface area is 138 Å². The lowest BCUT2D eigenvalue weighted by Crippen LogP contribution is -2.50. The van der Waals surface area contributed by atoms with Gasteiger partial charge in [-0.3, -0.25) is 14.4 Å². The van der Waals surface area contributed by atoms with E-state index in [1.807, 2.05) is 0 Å². The fraction of sp³-hybridized carbons (Fsp3) is 0.737. The molecule has 0 saturated heterocycles. The second-order valence-corrected chi connectivity index (χ2v) is 8.10. The first-order valence-corrected chi connectivity index (χ1v) is 8.66. The van der Waals surface area contributed by atoms with Crippen LogP contribution in [0.25, 0.3) is 0 Å². The van der Waals surface area contributed by atoms with Crippen LogP contribution in [0.3, 0.4) is 0 Å². The Morgan fingerprint density at radius 1 is 1.04 bits per heavy atom. The number of allylic oxidation sites excluding steroid dienone is 2. The third-order valence-corrected chi connectivity index (χ3v) is 5.54. The minimum Gasteiger partial charge on any atom is -0.510 e. The number of aliphatic hydroxyl groups excluding tert-OH is 1. The summed E-state index contributed by atoms with van der Waals surface area (Å²) >= 11 is 0. The van der Waals surface area contributed by atoms with Crippen LogP contribution in [-0.4, -0.2) is 22.5 Å². The summed E-state index contributed by atoms with van der Waals surface area (Å²) < 4.78 is 0. The zero-order valence-corrected chi connectivity index (χ0v) is 14.7. The van der Waals surface area contributed by atoms with Crippen molar-refractivity contribution >= 4 is 17.3 Å². The maximum atomic E-state index is 12.6. The summed E-state index contributed by atoms with van der Waals surface area (Å²) in [5.41, 5.74) is -2.59. The van der Waals surface area contributed by atoms with Crippen LogP contribution < -0.4 is 0 Å². The average Bonchev–Trinajstić information content (AvgIpc) is 2.51. The molecule has 1 fully saturated rings. The molecule has 4 heteroatoms. The number of ketones is 3. The Morgan fingerprint density at radius 3 is 2.17 bits per heavy atom. The van der Waals surface area contributed by atoms with E-state index in [9.17, 15) is 19.5 Å². The molecule has 0 unspecified atom stereocenters. The van der Waals surface area contributed by atoms with E-state index in [4.69, 9.17) is 0 Å². The average molecular weight is 320 g/mol. The first kappa shape index (κ1) is 17.9. The van der Waals surface area contributed by atoms with Crippen molar-refractivity contribution in [1.29, 1.82) is 0 Å². The smallest absolute Gasteiger partial charge is 0.182 e. The van der Waals surface area contributed by atoms with Gasteiger partial charge >= 0.3 is 0 Å². The van der Waals surface area contributed by atoms with Crippen LogP contribution in [0.4, 0.5) is 0 Å². The van der Waals surface area contributed by atoms with E-state index < -0.39 is 16.6 Å². The van der Waals surface area contributed by atoms with E-state index in [-0.39, 0.29) is 29.3 Å². The number of carbonyl (C=O) groups is 3. The molecule has 1 N–H and O–H groups in total. The SMILES string of the molecule is CC1(C)C(=O)C(C(=O)CCC2CCCCC2)=C(O)C(C)(C)C1=O. The summed E-state index contributed by atoms with van der Waals surface area (Å²) in [6, 6.07) is 0. The molecule has 0 aliphatic heterocycles. The van der Waals surface area contributed by atoms with Gasteiger partial charge in [0.15, 0.2) is 17.3 Å². The second-order valence-electron chi connectivity index (χ2n) is 8.10. The molecule has 0 aromatic rings. The highest BCUT2D eigenvalue weighted by Gasteiger charge is 2.54. The molecular weight excluding hydrogens is 292 g/mol. The summed E-state index contributed by atoms with van der Waals surface area (Å²) in [6.45, 7) is 6.24. The molecule has 0 aromatic carbocycles. The molecule has 4 nitrogen and oxygen atoms in total. The maximum absolute atomic E-state index is 12.6. The second kappa shape index (κ2) is 6.21. The van der Waals surface area contributed by atoms with E-state index in [2.05, 4.69) is 0 Å². The molecule has 1 saturated carbocycles. The fourth-order valence-electron chi connectivity index (χ4n) is 3.92. The lowest BCUT2D eigenvalue weighted by Gasteiger charge is -2.37. The predicted octanol–water partition coefficient (Wildman–Crippen LogP) is 3.93. The lowest BCUT2D eigenvalue weighted by molar-refractivity contribution is -0.145. The van der Waals surface area contributed by atoms with Crippen LogP contribution in [0.15, 0.2) is 11.3 Å². The molecule has 0 spiro atoms. The van der Waals surface area contributed by atoms with E-state index in [0.29, 0.717) is 5.92 Å². The van der Waals surface area contributed by atoms with Gasteiger partial charge in [-0.2, -0.15) is 0 Å². The zero-order valence-electron chi connectivity index (χ0n) is 14.7. The minimum atomic E-state index is -1.26. The molecule has 0 bridgehead atoms. The Morgan fingerprint density at radius 2 is 1.61 bits per heavy atom. The van der Waals surface area contributed by atoms with Gasteiger partial charge in [-0.05, 0) is 40.0 Å². The third kappa shape index (κ3) is 3.13. The highest BCUT2D eigenvalue weighted by Crippen LogP contribution is 2.43.